The number of halogens is 1. The molecule has 20 heavy (non-hydrogen) atoms. The molecule has 0 radical (unpaired) electrons. The third-order valence-electron chi connectivity index (χ3n) is 3.88. The van der Waals surface area contributed by atoms with Crippen LogP contribution in [0.4, 0.5) is 5.69 Å². The van der Waals surface area contributed by atoms with E-state index in [0.29, 0.717) is 10.4 Å². The highest BCUT2D eigenvalue weighted by Crippen LogP contribution is 2.35. The Hall–Kier alpha value is -1.48. The van der Waals surface area contributed by atoms with E-state index >= 15 is 0 Å². The first-order chi connectivity index (χ1) is 9.39. The molecule has 1 aliphatic heterocycles. The number of rotatable bonds is 3. The lowest BCUT2D eigenvalue weighted by Gasteiger charge is -2.39. The molecule has 1 fully saturated rings. The molecule has 108 valence electrons. The largest absolute Gasteiger partial charge is 0.478 e. The number of nitrogens with zero attached hydrogens (tertiary/aromatic N) is 1. The SMILES string of the molecule is CC1(C)CCN(c2cccc(Cl)c2C=CC(=O)O)CC1. The van der Waals surface area contributed by atoms with Crippen LogP contribution in [-0.2, 0) is 4.79 Å². The Bertz CT molecular complexity index is 527. The first kappa shape index (κ1) is 14.9. The summed E-state index contributed by atoms with van der Waals surface area (Å²) in [7, 11) is 0. The van der Waals surface area contributed by atoms with Gasteiger partial charge in [0, 0.05) is 35.4 Å². The minimum Gasteiger partial charge on any atom is -0.478 e. The van der Waals surface area contributed by atoms with E-state index in [0.717, 1.165) is 43.3 Å². The molecule has 1 saturated heterocycles. The van der Waals surface area contributed by atoms with Gasteiger partial charge in [0.05, 0.1) is 0 Å². The maximum Gasteiger partial charge on any atom is 0.328 e. The van der Waals surface area contributed by atoms with Gasteiger partial charge in [0.1, 0.15) is 0 Å². The fourth-order valence-electron chi connectivity index (χ4n) is 2.47. The lowest BCUT2D eigenvalue weighted by atomic mass is 9.82. The van der Waals surface area contributed by atoms with E-state index in [-0.39, 0.29) is 0 Å². The van der Waals surface area contributed by atoms with Crippen molar-refractivity contribution >= 4 is 29.3 Å². The van der Waals surface area contributed by atoms with Gasteiger partial charge in [-0.05, 0) is 36.5 Å². The summed E-state index contributed by atoms with van der Waals surface area (Å²) >= 11 is 6.22. The molecular formula is C16H20ClNO2. The van der Waals surface area contributed by atoms with Crippen LogP contribution in [-0.4, -0.2) is 24.2 Å². The van der Waals surface area contributed by atoms with E-state index < -0.39 is 5.97 Å². The van der Waals surface area contributed by atoms with E-state index in [1.54, 1.807) is 12.1 Å². The second-order valence-corrected chi connectivity index (χ2v) is 6.40. The maximum atomic E-state index is 10.7. The van der Waals surface area contributed by atoms with Gasteiger partial charge in [0.15, 0.2) is 0 Å². The molecule has 0 spiro atoms. The van der Waals surface area contributed by atoms with Gasteiger partial charge in [-0.1, -0.05) is 31.5 Å². The van der Waals surface area contributed by atoms with Crippen molar-refractivity contribution in [3.05, 3.63) is 34.9 Å². The van der Waals surface area contributed by atoms with E-state index in [4.69, 9.17) is 16.7 Å². The summed E-state index contributed by atoms with van der Waals surface area (Å²) in [6.07, 6.45) is 4.97. The Labute approximate surface area is 124 Å². The number of anilines is 1. The van der Waals surface area contributed by atoms with E-state index in [1.807, 2.05) is 12.1 Å². The highest BCUT2D eigenvalue weighted by atomic mass is 35.5. The first-order valence-corrected chi connectivity index (χ1v) is 7.21. The molecule has 1 aromatic rings. The fraction of sp³-hybridized carbons (Fsp3) is 0.438. The third kappa shape index (κ3) is 3.54. The summed E-state index contributed by atoms with van der Waals surface area (Å²) < 4.78 is 0. The number of carboxylic acids is 1. The van der Waals surface area contributed by atoms with Crippen LogP contribution in [0.5, 0.6) is 0 Å². The molecule has 0 saturated carbocycles. The lowest BCUT2D eigenvalue weighted by molar-refractivity contribution is -0.131. The molecule has 0 aromatic heterocycles. The molecule has 1 aromatic carbocycles. The van der Waals surface area contributed by atoms with Crippen molar-refractivity contribution in [3.63, 3.8) is 0 Å². The van der Waals surface area contributed by atoms with Crippen LogP contribution in [0.2, 0.25) is 5.02 Å². The summed E-state index contributed by atoms with van der Waals surface area (Å²) in [5, 5.41) is 9.38. The summed E-state index contributed by atoms with van der Waals surface area (Å²) in [5.74, 6) is -0.962. The average molecular weight is 294 g/mol. The molecule has 0 amide bonds. The lowest BCUT2D eigenvalue weighted by Crippen LogP contribution is -2.37. The Morgan fingerprint density at radius 1 is 1.35 bits per heavy atom. The van der Waals surface area contributed by atoms with Gasteiger partial charge < -0.3 is 10.0 Å². The fourth-order valence-corrected chi connectivity index (χ4v) is 2.71. The number of piperidine rings is 1. The summed E-state index contributed by atoms with van der Waals surface area (Å²) in [6.45, 7) is 6.52. The number of carboxylic acid groups (broad SMARTS) is 1. The van der Waals surface area contributed by atoms with Crippen LogP contribution in [0.1, 0.15) is 32.3 Å². The number of hydrogen-bond acceptors (Lipinski definition) is 2. The molecule has 0 bridgehead atoms. The minimum absolute atomic E-state index is 0.381. The zero-order valence-corrected chi connectivity index (χ0v) is 12.7. The van der Waals surface area contributed by atoms with Crippen molar-refractivity contribution in [2.75, 3.05) is 18.0 Å². The quantitative estimate of drug-likeness (QED) is 0.854. The van der Waals surface area contributed by atoms with Crippen molar-refractivity contribution in [2.45, 2.75) is 26.7 Å². The maximum absolute atomic E-state index is 10.7. The molecular weight excluding hydrogens is 274 g/mol. The van der Waals surface area contributed by atoms with Crippen LogP contribution in [0.25, 0.3) is 6.08 Å². The Morgan fingerprint density at radius 3 is 2.60 bits per heavy atom. The van der Waals surface area contributed by atoms with Crippen LogP contribution in [0, 0.1) is 5.41 Å². The van der Waals surface area contributed by atoms with Crippen LogP contribution in [0.15, 0.2) is 24.3 Å². The predicted molar refractivity (Wildman–Crippen MR) is 83.3 cm³/mol. The van der Waals surface area contributed by atoms with Crippen molar-refractivity contribution < 1.29 is 9.90 Å². The standard InChI is InChI=1S/C16H20ClNO2/c1-16(2)8-10-18(11-9-16)14-5-3-4-13(17)12(14)6-7-15(19)20/h3-7H,8-11H2,1-2H3,(H,19,20). The van der Waals surface area contributed by atoms with Gasteiger partial charge in [-0.25, -0.2) is 4.79 Å². The van der Waals surface area contributed by atoms with E-state index in [2.05, 4.69) is 18.7 Å². The van der Waals surface area contributed by atoms with Crippen molar-refractivity contribution in [1.82, 2.24) is 0 Å². The van der Waals surface area contributed by atoms with Crippen molar-refractivity contribution in [2.24, 2.45) is 5.41 Å². The minimum atomic E-state index is -0.962. The van der Waals surface area contributed by atoms with Gasteiger partial charge in [0.2, 0.25) is 0 Å². The van der Waals surface area contributed by atoms with E-state index in [9.17, 15) is 4.79 Å². The smallest absolute Gasteiger partial charge is 0.328 e. The molecule has 4 heteroatoms. The number of aliphatic carboxylic acids is 1. The summed E-state index contributed by atoms with van der Waals surface area (Å²) in [6, 6.07) is 5.71. The van der Waals surface area contributed by atoms with Gasteiger partial charge in [-0.2, -0.15) is 0 Å². The predicted octanol–water partition coefficient (Wildman–Crippen LogP) is 4.06. The van der Waals surface area contributed by atoms with Gasteiger partial charge in [0.25, 0.3) is 0 Å². The molecule has 0 aliphatic carbocycles. The van der Waals surface area contributed by atoms with Crippen LogP contribution >= 0.6 is 11.6 Å². The Morgan fingerprint density at radius 2 is 2.00 bits per heavy atom. The van der Waals surface area contributed by atoms with E-state index in [1.165, 1.54) is 0 Å². The topological polar surface area (TPSA) is 40.5 Å². The van der Waals surface area contributed by atoms with Crippen LogP contribution < -0.4 is 4.90 Å². The monoisotopic (exact) mass is 293 g/mol. The second-order valence-electron chi connectivity index (χ2n) is 6.00. The molecule has 2 rings (SSSR count). The highest BCUT2D eigenvalue weighted by molar-refractivity contribution is 6.32. The Kier molecular flexibility index (Phi) is 4.39. The number of hydrogen-bond donors (Lipinski definition) is 1. The highest BCUT2D eigenvalue weighted by Gasteiger charge is 2.26. The van der Waals surface area contributed by atoms with Crippen LogP contribution in [0.3, 0.4) is 0 Å². The molecule has 0 unspecified atom stereocenters. The average Bonchev–Trinajstić information content (AvgIpc) is 2.37. The Balaban J connectivity index is 2.28. The number of carbonyl (C=O) groups is 1. The molecule has 0 atom stereocenters. The van der Waals surface area contributed by atoms with Crippen molar-refractivity contribution in [3.8, 4) is 0 Å². The van der Waals surface area contributed by atoms with Gasteiger partial charge in [-0.3, -0.25) is 0 Å². The molecule has 1 heterocycles. The summed E-state index contributed by atoms with van der Waals surface area (Å²) in [4.78, 5) is 13.0. The van der Waals surface area contributed by atoms with Gasteiger partial charge in [-0.15, -0.1) is 0 Å². The zero-order chi connectivity index (χ0) is 14.8. The number of benzene rings is 1. The summed E-state index contributed by atoms with van der Waals surface area (Å²) in [5.41, 5.74) is 2.19. The second kappa shape index (κ2) is 5.88. The first-order valence-electron chi connectivity index (χ1n) is 6.83. The third-order valence-corrected chi connectivity index (χ3v) is 4.21. The molecule has 1 N–H and O–H groups in total. The normalized spacial score (nSPS) is 18.4. The van der Waals surface area contributed by atoms with Gasteiger partial charge >= 0.3 is 5.97 Å². The molecule has 1 aliphatic rings. The van der Waals surface area contributed by atoms with Crippen molar-refractivity contribution in [1.29, 1.82) is 0 Å². The molecule has 3 nitrogen and oxygen atoms in total. The zero-order valence-electron chi connectivity index (χ0n) is 11.9.